The van der Waals surface area contributed by atoms with Crippen molar-refractivity contribution in [1.82, 2.24) is 4.81 Å². The first-order valence-corrected chi connectivity index (χ1v) is 3.80. The number of rotatable bonds is 1. The molecule has 0 unspecified atom stereocenters. The fraction of sp³-hybridized carbons (Fsp3) is 0.714. The highest BCUT2D eigenvalue weighted by atomic mass is 16.2. The van der Waals surface area contributed by atoms with E-state index in [4.69, 9.17) is 5.11 Å². The molecule has 1 N–H and O–H groups in total. The van der Waals surface area contributed by atoms with Crippen molar-refractivity contribution in [2.24, 2.45) is 0 Å². The van der Waals surface area contributed by atoms with Crippen LogP contribution in [0.15, 0.2) is 11.6 Å². The molecule has 1 fully saturated rings. The number of hydrogen-bond donors (Lipinski definition) is 1. The summed E-state index contributed by atoms with van der Waals surface area (Å²) in [7, 11) is 2.12. The molecule has 2 nitrogen and oxygen atoms in total. The van der Waals surface area contributed by atoms with Crippen molar-refractivity contribution in [2.45, 2.75) is 12.8 Å². The summed E-state index contributed by atoms with van der Waals surface area (Å²) < 4.78 is 0. The van der Waals surface area contributed by atoms with Gasteiger partial charge in [0.05, 0.1) is 6.61 Å². The first kappa shape index (κ1) is 7.83. The Morgan fingerprint density at radius 1 is 1.70 bits per heavy atom. The van der Waals surface area contributed by atoms with Gasteiger partial charge < -0.3 is 9.92 Å². The number of hydrogen-bond acceptors (Lipinski definition) is 2. The lowest BCUT2D eigenvalue weighted by atomic mass is 10.0. The molecule has 0 spiro atoms. The lowest BCUT2D eigenvalue weighted by molar-refractivity contribution is 0.338. The van der Waals surface area contributed by atoms with E-state index in [2.05, 4.69) is 12.8 Å². The van der Waals surface area contributed by atoms with E-state index < -0.39 is 0 Å². The summed E-state index contributed by atoms with van der Waals surface area (Å²) in [6, 6.07) is 0. The van der Waals surface area contributed by atoms with E-state index in [1.54, 1.807) is 0 Å². The van der Waals surface area contributed by atoms with Crippen molar-refractivity contribution < 1.29 is 5.11 Å². The first-order chi connectivity index (χ1) is 4.83. The van der Waals surface area contributed by atoms with E-state index in [1.165, 1.54) is 25.0 Å². The molecular formula is C7H14BNO. The van der Waals surface area contributed by atoms with E-state index in [0.29, 0.717) is 0 Å². The van der Waals surface area contributed by atoms with Gasteiger partial charge in [-0.2, -0.15) is 0 Å². The topological polar surface area (TPSA) is 23.5 Å². The molecule has 3 heteroatoms. The molecule has 0 bridgehead atoms. The quantitative estimate of drug-likeness (QED) is 0.392. The highest BCUT2D eigenvalue weighted by Crippen LogP contribution is 2.12. The Labute approximate surface area is 63.0 Å². The maximum absolute atomic E-state index is 8.61. The van der Waals surface area contributed by atoms with Crippen molar-refractivity contribution >= 4 is 7.98 Å². The number of aliphatic hydroxyl groups is 1. The van der Waals surface area contributed by atoms with Gasteiger partial charge in [0.1, 0.15) is 0 Å². The van der Waals surface area contributed by atoms with Gasteiger partial charge in [0.25, 0.3) is 0 Å². The zero-order chi connectivity index (χ0) is 7.40. The van der Waals surface area contributed by atoms with Crippen LogP contribution >= 0.6 is 0 Å². The van der Waals surface area contributed by atoms with Gasteiger partial charge in [-0.3, -0.25) is 0 Å². The fourth-order valence-electron chi connectivity index (χ4n) is 1.38. The van der Waals surface area contributed by atoms with E-state index in [-0.39, 0.29) is 6.61 Å². The summed E-state index contributed by atoms with van der Waals surface area (Å²) in [5.74, 6) is 0. The maximum atomic E-state index is 8.61. The van der Waals surface area contributed by atoms with Crippen LogP contribution in [0, 0.1) is 0 Å². The van der Waals surface area contributed by atoms with Crippen molar-refractivity contribution in [1.29, 1.82) is 0 Å². The Hall–Kier alpha value is -0.275. The largest absolute Gasteiger partial charge is 0.392 e. The maximum Gasteiger partial charge on any atom is 0.185 e. The summed E-state index contributed by atoms with van der Waals surface area (Å²) >= 11 is 0. The Bertz CT molecular complexity index is 136. The van der Waals surface area contributed by atoms with Crippen LogP contribution in [0.25, 0.3) is 0 Å². The van der Waals surface area contributed by atoms with Gasteiger partial charge in [0.2, 0.25) is 0 Å². The van der Waals surface area contributed by atoms with Crippen LogP contribution in [0.3, 0.4) is 0 Å². The van der Waals surface area contributed by atoms with Gasteiger partial charge in [-0.05, 0) is 19.4 Å². The van der Waals surface area contributed by atoms with Gasteiger partial charge in [-0.1, -0.05) is 11.6 Å². The summed E-state index contributed by atoms with van der Waals surface area (Å²) in [4.78, 5) is 2.28. The third-order valence-corrected chi connectivity index (χ3v) is 1.89. The van der Waals surface area contributed by atoms with E-state index in [0.717, 1.165) is 6.54 Å². The molecule has 56 valence electrons. The van der Waals surface area contributed by atoms with E-state index in [9.17, 15) is 0 Å². The van der Waals surface area contributed by atoms with Crippen LogP contribution in [0.4, 0.5) is 0 Å². The summed E-state index contributed by atoms with van der Waals surface area (Å²) in [5, 5.41) is 8.61. The van der Waals surface area contributed by atoms with Crippen molar-refractivity contribution in [2.75, 3.05) is 19.7 Å². The molecule has 0 amide bonds. The molecular weight excluding hydrogens is 125 g/mol. The lowest BCUT2D eigenvalue weighted by Crippen LogP contribution is -2.28. The predicted octanol–water partition coefficient (Wildman–Crippen LogP) is -0.451. The van der Waals surface area contributed by atoms with Crippen LogP contribution < -0.4 is 0 Å². The Morgan fingerprint density at radius 2 is 2.50 bits per heavy atom. The minimum absolute atomic E-state index is 0.198. The third-order valence-electron chi connectivity index (χ3n) is 1.89. The van der Waals surface area contributed by atoms with Crippen LogP contribution in [0.5, 0.6) is 0 Å². The second-order valence-corrected chi connectivity index (χ2v) is 2.89. The Balaban J connectivity index is 2.39. The molecule has 1 aliphatic rings. The predicted molar refractivity (Wildman–Crippen MR) is 44.5 cm³/mol. The standard InChI is InChI=1S/C7H14BNO/c8-9-4-1-2-7(6-9)3-5-10/h3,10H,1-2,4-6,8H2/b7-3-. The summed E-state index contributed by atoms with van der Waals surface area (Å²) in [6.07, 6.45) is 4.34. The van der Waals surface area contributed by atoms with Crippen LogP contribution in [0.2, 0.25) is 0 Å². The molecule has 0 aromatic heterocycles. The van der Waals surface area contributed by atoms with Crippen LogP contribution in [-0.4, -0.2) is 37.6 Å². The fourth-order valence-corrected chi connectivity index (χ4v) is 1.38. The monoisotopic (exact) mass is 139 g/mol. The molecule has 0 aromatic carbocycles. The van der Waals surface area contributed by atoms with Crippen LogP contribution in [0.1, 0.15) is 12.8 Å². The second kappa shape index (κ2) is 3.79. The first-order valence-electron chi connectivity index (χ1n) is 3.80. The highest BCUT2D eigenvalue weighted by molar-refractivity contribution is 6.04. The van der Waals surface area contributed by atoms with E-state index >= 15 is 0 Å². The molecule has 0 atom stereocenters. The molecule has 1 heterocycles. The number of piperidine rings is 1. The molecule has 0 saturated carbocycles. The van der Waals surface area contributed by atoms with E-state index in [1.807, 2.05) is 6.08 Å². The molecule has 0 radical (unpaired) electrons. The zero-order valence-corrected chi connectivity index (χ0v) is 6.51. The molecule has 1 saturated heterocycles. The van der Waals surface area contributed by atoms with Crippen molar-refractivity contribution in [3.8, 4) is 0 Å². The van der Waals surface area contributed by atoms with Crippen molar-refractivity contribution in [3.63, 3.8) is 0 Å². The highest BCUT2D eigenvalue weighted by Gasteiger charge is 2.08. The van der Waals surface area contributed by atoms with Gasteiger partial charge in [-0.15, -0.1) is 0 Å². The number of nitrogens with zero attached hydrogens (tertiary/aromatic N) is 1. The summed E-state index contributed by atoms with van der Waals surface area (Å²) in [6.45, 7) is 2.44. The lowest BCUT2D eigenvalue weighted by Gasteiger charge is -2.24. The smallest absolute Gasteiger partial charge is 0.185 e. The van der Waals surface area contributed by atoms with Gasteiger partial charge >= 0.3 is 0 Å². The minimum atomic E-state index is 0.198. The zero-order valence-electron chi connectivity index (χ0n) is 6.51. The third kappa shape index (κ3) is 2.16. The average molecular weight is 139 g/mol. The molecule has 0 aliphatic carbocycles. The molecule has 1 aliphatic heterocycles. The Kier molecular flexibility index (Phi) is 2.96. The number of aliphatic hydroxyl groups excluding tert-OH is 1. The van der Waals surface area contributed by atoms with Gasteiger partial charge in [-0.25, -0.2) is 0 Å². The second-order valence-electron chi connectivity index (χ2n) is 2.89. The molecule has 1 rings (SSSR count). The Morgan fingerprint density at radius 3 is 3.10 bits per heavy atom. The van der Waals surface area contributed by atoms with Crippen LogP contribution in [-0.2, 0) is 0 Å². The van der Waals surface area contributed by atoms with Gasteiger partial charge in [0, 0.05) is 6.54 Å². The average Bonchev–Trinajstić information content (AvgIpc) is 1.88. The summed E-state index contributed by atoms with van der Waals surface area (Å²) in [5.41, 5.74) is 1.39. The van der Waals surface area contributed by atoms with Crippen molar-refractivity contribution in [3.05, 3.63) is 11.6 Å². The molecule has 10 heavy (non-hydrogen) atoms. The SMILES string of the molecule is BN1CCC/C(=C/CO)C1. The van der Waals surface area contributed by atoms with Gasteiger partial charge in [0.15, 0.2) is 7.98 Å². The normalized spacial score (nSPS) is 25.5. The minimum Gasteiger partial charge on any atom is -0.392 e. The molecule has 0 aromatic rings.